The monoisotopic (exact) mass is 492 g/mol. The molecule has 2 N–H and O–H groups in total. The number of nitrogens with zero attached hydrogens (tertiary/aromatic N) is 2. The molecule has 0 unspecified atom stereocenters. The lowest BCUT2D eigenvalue weighted by molar-refractivity contribution is 0.729. The molecule has 2 aromatic carbocycles. The fourth-order valence-corrected chi connectivity index (χ4v) is 3.61. The van der Waals surface area contributed by atoms with E-state index in [1.807, 2.05) is 13.1 Å². The van der Waals surface area contributed by atoms with E-state index >= 15 is 0 Å². The molecule has 1 heterocycles. The summed E-state index contributed by atoms with van der Waals surface area (Å²) in [4.78, 5) is 9.84. The zero-order valence-electron chi connectivity index (χ0n) is 15.6. The van der Waals surface area contributed by atoms with E-state index in [9.17, 15) is 0 Å². The van der Waals surface area contributed by atoms with Gasteiger partial charge >= 0.3 is 0 Å². The van der Waals surface area contributed by atoms with Gasteiger partial charge < -0.3 is 10.6 Å². The van der Waals surface area contributed by atoms with E-state index in [1.165, 1.54) is 16.0 Å². The predicted molar refractivity (Wildman–Crippen MR) is 125 cm³/mol. The van der Waals surface area contributed by atoms with Crippen molar-refractivity contribution < 1.29 is 0 Å². The molecular formula is C21H25IN4S. The van der Waals surface area contributed by atoms with Crippen LogP contribution in [-0.2, 0) is 6.54 Å². The Kier molecular flexibility index (Phi) is 8.74. The number of rotatable bonds is 6. The lowest BCUT2D eigenvalue weighted by atomic mass is 9.91. The average molecular weight is 492 g/mol. The Balaban J connectivity index is 0.00000261. The van der Waals surface area contributed by atoms with Crippen LogP contribution in [-0.4, -0.2) is 24.5 Å². The van der Waals surface area contributed by atoms with E-state index in [-0.39, 0.29) is 29.9 Å². The molecule has 0 saturated heterocycles. The molecule has 0 spiro atoms. The maximum absolute atomic E-state index is 4.35. The van der Waals surface area contributed by atoms with Crippen molar-refractivity contribution in [1.29, 1.82) is 0 Å². The van der Waals surface area contributed by atoms with Gasteiger partial charge in [-0.1, -0.05) is 60.7 Å². The topological polar surface area (TPSA) is 49.3 Å². The number of halogens is 1. The van der Waals surface area contributed by atoms with Crippen molar-refractivity contribution >= 4 is 41.3 Å². The van der Waals surface area contributed by atoms with Gasteiger partial charge in [-0.3, -0.25) is 4.99 Å². The summed E-state index contributed by atoms with van der Waals surface area (Å²) < 4.78 is 0. The Morgan fingerprint density at radius 1 is 1.00 bits per heavy atom. The van der Waals surface area contributed by atoms with Gasteiger partial charge in [0.25, 0.3) is 0 Å². The number of aryl methyl sites for hydroxylation is 1. The van der Waals surface area contributed by atoms with Gasteiger partial charge in [0.2, 0.25) is 0 Å². The molecule has 0 bridgehead atoms. The van der Waals surface area contributed by atoms with Gasteiger partial charge in [0.1, 0.15) is 0 Å². The van der Waals surface area contributed by atoms with Gasteiger partial charge in [-0.05, 0) is 18.1 Å². The molecule has 0 atom stereocenters. The molecule has 142 valence electrons. The summed E-state index contributed by atoms with van der Waals surface area (Å²) in [6.07, 6.45) is 1.91. The zero-order chi connectivity index (χ0) is 18.2. The normalized spacial score (nSPS) is 11.1. The van der Waals surface area contributed by atoms with E-state index in [1.54, 1.807) is 18.4 Å². The number of nitrogens with one attached hydrogen (secondary N) is 2. The Bertz CT molecular complexity index is 794. The molecule has 27 heavy (non-hydrogen) atoms. The fourth-order valence-electron chi connectivity index (χ4n) is 2.88. The fraction of sp³-hybridized carbons (Fsp3) is 0.238. The molecule has 0 aliphatic carbocycles. The number of guanidine groups is 1. The first kappa shape index (κ1) is 21.4. The third-order valence-electron chi connectivity index (χ3n) is 4.20. The Morgan fingerprint density at radius 3 is 2.07 bits per heavy atom. The summed E-state index contributed by atoms with van der Waals surface area (Å²) in [5, 5.41) is 7.91. The quantitative estimate of drug-likeness (QED) is 0.301. The van der Waals surface area contributed by atoms with E-state index in [2.05, 4.69) is 81.3 Å². The van der Waals surface area contributed by atoms with Crippen molar-refractivity contribution in [2.24, 2.45) is 4.99 Å². The summed E-state index contributed by atoms with van der Waals surface area (Å²) in [7, 11) is 1.80. The van der Waals surface area contributed by atoms with Gasteiger partial charge in [-0.15, -0.1) is 35.3 Å². The predicted octanol–water partition coefficient (Wildman–Crippen LogP) is 4.57. The second-order valence-electron chi connectivity index (χ2n) is 6.03. The van der Waals surface area contributed by atoms with Gasteiger partial charge in [-0.2, -0.15) is 0 Å². The van der Waals surface area contributed by atoms with Crippen molar-refractivity contribution in [2.75, 3.05) is 13.6 Å². The third kappa shape index (κ3) is 6.32. The highest BCUT2D eigenvalue weighted by Crippen LogP contribution is 2.23. The molecular weight excluding hydrogens is 467 g/mol. The second-order valence-corrected chi connectivity index (χ2v) is 7.35. The van der Waals surface area contributed by atoms with Crippen LogP contribution in [0.2, 0.25) is 0 Å². The van der Waals surface area contributed by atoms with Crippen LogP contribution in [0.25, 0.3) is 0 Å². The summed E-state index contributed by atoms with van der Waals surface area (Å²) >= 11 is 1.70. The van der Waals surface area contributed by atoms with Crippen LogP contribution in [0.3, 0.4) is 0 Å². The standard InChI is InChI=1S/C21H24N4S.HI/c1-16-23-13-19(26-16)14-24-21(22-2)25-15-20(17-9-5-3-6-10-17)18-11-7-4-8-12-18;/h3-13,20H,14-15H2,1-2H3,(H2,22,24,25);1H. The van der Waals surface area contributed by atoms with Gasteiger partial charge in [0.05, 0.1) is 11.6 Å². The van der Waals surface area contributed by atoms with E-state index < -0.39 is 0 Å². The Morgan fingerprint density at radius 2 is 1.59 bits per heavy atom. The van der Waals surface area contributed by atoms with Crippen LogP contribution in [0, 0.1) is 6.92 Å². The molecule has 3 rings (SSSR count). The number of hydrogen-bond donors (Lipinski definition) is 2. The minimum Gasteiger partial charge on any atom is -0.355 e. The van der Waals surface area contributed by atoms with Crippen molar-refractivity contribution in [1.82, 2.24) is 15.6 Å². The first-order valence-electron chi connectivity index (χ1n) is 8.72. The third-order valence-corrected chi connectivity index (χ3v) is 5.11. The lowest BCUT2D eigenvalue weighted by Gasteiger charge is -2.20. The maximum atomic E-state index is 4.35. The molecule has 0 aliphatic heterocycles. The van der Waals surface area contributed by atoms with Crippen molar-refractivity contribution in [2.45, 2.75) is 19.4 Å². The van der Waals surface area contributed by atoms with Crippen molar-refractivity contribution in [3.8, 4) is 0 Å². The smallest absolute Gasteiger partial charge is 0.191 e. The number of thiazole rings is 1. The lowest BCUT2D eigenvalue weighted by Crippen LogP contribution is -2.39. The van der Waals surface area contributed by atoms with Crippen LogP contribution in [0.5, 0.6) is 0 Å². The molecule has 3 aromatic rings. The number of hydrogen-bond acceptors (Lipinski definition) is 3. The van der Waals surface area contributed by atoms with Gasteiger partial charge in [0, 0.05) is 30.6 Å². The number of aliphatic imine (C=N–C) groups is 1. The minimum atomic E-state index is 0. The highest BCUT2D eigenvalue weighted by Gasteiger charge is 2.14. The first-order valence-corrected chi connectivity index (χ1v) is 9.53. The van der Waals surface area contributed by atoms with Crippen LogP contribution in [0.4, 0.5) is 0 Å². The highest BCUT2D eigenvalue weighted by atomic mass is 127. The molecule has 0 saturated carbocycles. The summed E-state index contributed by atoms with van der Waals surface area (Å²) in [6.45, 7) is 3.52. The molecule has 1 aromatic heterocycles. The van der Waals surface area contributed by atoms with Crippen molar-refractivity contribution in [3.05, 3.63) is 87.9 Å². The molecule has 0 amide bonds. The number of aromatic nitrogens is 1. The van der Waals surface area contributed by atoms with Crippen LogP contribution < -0.4 is 10.6 Å². The zero-order valence-corrected chi connectivity index (χ0v) is 18.7. The van der Waals surface area contributed by atoms with E-state index in [0.717, 1.165) is 24.1 Å². The second kappa shape index (κ2) is 11.0. The number of benzene rings is 2. The largest absolute Gasteiger partial charge is 0.355 e. The van der Waals surface area contributed by atoms with Gasteiger partial charge in [0.15, 0.2) is 5.96 Å². The van der Waals surface area contributed by atoms with Crippen LogP contribution >= 0.6 is 35.3 Å². The molecule has 0 aliphatic rings. The maximum Gasteiger partial charge on any atom is 0.191 e. The Labute approximate surface area is 182 Å². The minimum absolute atomic E-state index is 0. The molecule has 4 nitrogen and oxygen atoms in total. The SMILES string of the molecule is CN=C(NCc1cnc(C)s1)NCC(c1ccccc1)c1ccccc1.I. The van der Waals surface area contributed by atoms with Crippen LogP contribution in [0.1, 0.15) is 26.9 Å². The van der Waals surface area contributed by atoms with E-state index in [0.29, 0.717) is 0 Å². The van der Waals surface area contributed by atoms with Crippen molar-refractivity contribution in [3.63, 3.8) is 0 Å². The van der Waals surface area contributed by atoms with Gasteiger partial charge in [-0.25, -0.2) is 4.98 Å². The first-order chi connectivity index (χ1) is 12.8. The summed E-state index contributed by atoms with van der Waals surface area (Å²) in [5.74, 6) is 1.06. The molecule has 6 heteroatoms. The van der Waals surface area contributed by atoms with E-state index in [4.69, 9.17) is 0 Å². The molecule has 0 radical (unpaired) electrons. The summed E-state index contributed by atoms with van der Waals surface area (Å²) in [6, 6.07) is 21.2. The molecule has 0 fully saturated rings. The Hall–Kier alpha value is -1.93. The summed E-state index contributed by atoms with van der Waals surface area (Å²) in [5.41, 5.74) is 2.58. The highest BCUT2D eigenvalue weighted by molar-refractivity contribution is 14.0. The average Bonchev–Trinajstić information content (AvgIpc) is 3.11. The van der Waals surface area contributed by atoms with Crippen LogP contribution in [0.15, 0.2) is 71.9 Å².